The molecule has 0 saturated carbocycles. The van der Waals surface area contributed by atoms with Crippen molar-refractivity contribution in [2.24, 2.45) is 0 Å². The van der Waals surface area contributed by atoms with E-state index in [1.165, 1.54) is 0 Å². The molecular formula is C11H13ClN2O. The van der Waals surface area contributed by atoms with Crippen LogP contribution in [0.2, 0.25) is 5.02 Å². The molecule has 1 aromatic carbocycles. The summed E-state index contributed by atoms with van der Waals surface area (Å²) in [6.45, 7) is 1.41. The van der Waals surface area contributed by atoms with Crippen LogP contribution in [-0.2, 0) is 4.74 Å². The molecule has 0 atom stereocenters. The molecule has 0 bridgehead atoms. The smallest absolute Gasteiger partial charge is 0.0992 e. The van der Waals surface area contributed by atoms with E-state index in [1.54, 1.807) is 19.2 Å². The zero-order valence-electron chi connectivity index (χ0n) is 8.83. The van der Waals surface area contributed by atoms with E-state index in [1.807, 2.05) is 24.1 Å². The van der Waals surface area contributed by atoms with Gasteiger partial charge in [-0.05, 0) is 18.2 Å². The number of rotatable bonds is 4. The Hall–Kier alpha value is -1.24. The van der Waals surface area contributed by atoms with Crippen molar-refractivity contribution in [3.05, 3.63) is 28.8 Å². The van der Waals surface area contributed by atoms with Gasteiger partial charge in [-0.1, -0.05) is 11.6 Å². The van der Waals surface area contributed by atoms with E-state index in [0.717, 1.165) is 12.2 Å². The molecule has 1 rings (SSSR count). The van der Waals surface area contributed by atoms with Crippen molar-refractivity contribution in [2.45, 2.75) is 0 Å². The Balaban J connectivity index is 2.82. The highest BCUT2D eigenvalue weighted by atomic mass is 35.5. The first-order chi connectivity index (χ1) is 7.19. The number of hydrogen-bond donors (Lipinski definition) is 0. The Bertz CT molecular complexity index is 373. The first-order valence-electron chi connectivity index (χ1n) is 4.58. The fraction of sp³-hybridized carbons (Fsp3) is 0.364. The van der Waals surface area contributed by atoms with Crippen LogP contribution in [-0.4, -0.2) is 27.3 Å². The van der Waals surface area contributed by atoms with E-state index in [2.05, 4.69) is 0 Å². The summed E-state index contributed by atoms with van der Waals surface area (Å²) < 4.78 is 4.98. The van der Waals surface area contributed by atoms with Crippen LogP contribution < -0.4 is 4.90 Å². The van der Waals surface area contributed by atoms with Crippen LogP contribution in [0, 0.1) is 11.3 Å². The highest BCUT2D eigenvalue weighted by Crippen LogP contribution is 2.25. The van der Waals surface area contributed by atoms with E-state index in [0.29, 0.717) is 17.2 Å². The highest BCUT2D eigenvalue weighted by molar-refractivity contribution is 6.33. The van der Waals surface area contributed by atoms with Gasteiger partial charge in [-0.3, -0.25) is 0 Å². The number of halogens is 1. The summed E-state index contributed by atoms with van der Waals surface area (Å²) in [5.41, 5.74) is 1.48. The monoisotopic (exact) mass is 224 g/mol. The summed E-state index contributed by atoms with van der Waals surface area (Å²) in [6, 6.07) is 7.31. The van der Waals surface area contributed by atoms with Gasteiger partial charge in [0, 0.05) is 20.7 Å². The standard InChI is InChI=1S/C11H13ClN2O/c1-14(5-6-15-2)11-4-3-9(8-13)7-10(11)12/h3-4,7H,5-6H2,1-2H3. The molecule has 15 heavy (non-hydrogen) atoms. The Labute approximate surface area is 94.8 Å². The van der Waals surface area contributed by atoms with Crippen LogP contribution in [0.15, 0.2) is 18.2 Å². The topological polar surface area (TPSA) is 36.3 Å². The quantitative estimate of drug-likeness (QED) is 0.788. The molecule has 1 aromatic rings. The molecule has 80 valence electrons. The van der Waals surface area contributed by atoms with E-state index in [-0.39, 0.29) is 0 Å². The molecule has 4 heteroatoms. The van der Waals surface area contributed by atoms with Crippen LogP contribution in [0.5, 0.6) is 0 Å². The minimum atomic E-state index is 0.573. The van der Waals surface area contributed by atoms with E-state index in [4.69, 9.17) is 21.6 Å². The summed E-state index contributed by atoms with van der Waals surface area (Å²) in [4.78, 5) is 1.99. The highest BCUT2D eigenvalue weighted by Gasteiger charge is 2.06. The van der Waals surface area contributed by atoms with Crippen molar-refractivity contribution < 1.29 is 4.74 Å². The summed E-state index contributed by atoms with van der Waals surface area (Å²) in [7, 11) is 3.60. The molecular weight excluding hydrogens is 212 g/mol. The van der Waals surface area contributed by atoms with E-state index >= 15 is 0 Å². The summed E-state index contributed by atoms with van der Waals surface area (Å²) >= 11 is 6.05. The third-order valence-corrected chi connectivity index (χ3v) is 2.42. The van der Waals surface area contributed by atoms with Gasteiger partial charge < -0.3 is 9.64 Å². The number of ether oxygens (including phenoxy) is 1. The average molecular weight is 225 g/mol. The zero-order valence-corrected chi connectivity index (χ0v) is 9.58. The van der Waals surface area contributed by atoms with Gasteiger partial charge in [-0.25, -0.2) is 0 Å². The third-order valence-electron chi connectivity index (χ3n) is 2.12. The number of anilines is 1. The normalized spacial score (nSPS) is 9.73. The fourth-order valence-electron chi connectivity index (χ4n) is 1.23. The van der Waals surface area contributed by atoms with Crippen molar-refractivity contribution in [3.8, 4) is 6.07 Å². The van der Waals surface area contributed by atoms with Crippen molar-refractivity contribution >= 4 is 17.3 Å². The second-order valence-electron chi connectivity index (χ2n) is 3.19. The van der Waals surface area contributed by atoms with Crippen molar-refractivity contribution in [1.29, 1.82) is 5.26 Å². The molecule has 0 fully saturated rings. The van der Waals surface area contributed by atoms with Crippen LogP contribution >= 0.6 is 11.6 Å². The second kappa shape index (κ2) is 5.59. The molecule has 0 aromatic heterocycles. The third kappa shape index (κ3) is 3.12. The van der Waals surface area contributed by atoms with Gasteiger partial charge in [0.25, 0.3) is 0 Å². The van der Waals surface area contributed by atoms with Crippen LogP contribution in [0.4, 0.5) is 5.69 Å². The summed E-state index contributed by atoms with van der Waals surface area (Å²) in [6.07, 6.45) is 0. The number of benzene rings is 1. The van der Waals surface area contributed by atoms with E-state index in [9.17, 15) is 0 Å². The van der Waals surface area contributed by atoms with Gasteiger partial charge in [0.15, 0.2) is 0 Å². The lowest BCUT2D eigenvalue weighted by molar-refractivity contribution is 0.206. The van der Waals surface area contributed by atoms with Crippen molar-refractivity contribution in [3.63, 3.8) is 0 Å². The van der Waals surface area contributed by atoms with Gasteiger partial charge in [0.1, 0.15) is 0 Å². The van der Waals surface area contributed by atoms with Crippen LogP contribution in [0.3, 0.4) is 0 Å². The average Bonchev–Trinajstić information content (AvgIpc) is 2.25. The number of likely N-dealkylation sites (N-methyl/N-ethyl adjacent to an activating group) is 1. The molecule has 0 aliphatic carbocycles. The molecule has 0 aliphatic heterocycles. The maximum absolute atomic E-state index is 8.69. The van der Waals surface area contributed by atoms with E-state index < -0.39 is 0 Å². The van der Waals surface area contributed by atoms with Gasteiger partial charge >= 0.3 is 0 Å². The van der Waals surface area contributed by atoms with Crippen molar-refractivity contribution in [2.75, 3.05) is 32.2 Å². The summed E-state index contributed by atoms with van der Waals surface area (Å²) in [5, 5.41) is 9.28. The van der Waals surface area contributed by atoms with Gasteiger partial charge in [0.05, 0.1) is 28.9 Å². The molecule has 0 spiro atoms. The minimum Gasteiger partial charge on any atom is -0.383 e. The predicted molar refractivity (Wildman–Crippen MR) is 61.3 cm³/mol. The Morgan fingerprint density at radius 2 is 2.27 bits per heavy atom. The van der Waals surface area contributed by atoms with Crippen LogP contribution in [0.1, 0.15) is 5.56 Å². The number of nitriles is 1. The first kappa shape index (κ1) is 11.8. The first-order valence-corrected chi connectivity index (χ1v) is 4.96. The lowest BCUT2D eigenvalue weighted by Crippen LogP contribution is -2.22. The van der Waals surface area contributed by atoms with Gasteiger partial charge in [-0.2, -0.15) is 5.26 Å². The molecule has 0 N–H and O–H groups in total. The molecule has 0 amide bonds. The SMILES string of the molecule is COCCN(C)c1ccc(C#N)cc1Cl. The maximum Gasteiger partial charge on any atom is 0.0992 e. The Kier molecular flexibility index (Phi) is 4.41. The fourth-order valence-corrected chi connectivity index (χ4v) is 1.56. The Morgan fingerprint density at radius 3 is 2.80 bits per heavy atom. The number of methoxy groups -OCH3 is 1. The van der Waals surface area contributed by atoms with Gasteiger partial charge in [0.2, 0.25) is 0 Å². The Morgan fingerprint density at radius 1 is 1.53 bits per heavy atom. The number of nitrogens with zero attached hydrogens (tertiary/aromatic N) is 2. The molecule has 0 radical (unpaired) electrons. The lowest BCUT2D eigenvalue weighted by Gasteiger charge is -2.20. The molecule has 0 heterocycles. The molecule has 0 saturated heterocycles. The molecule has 3 nitrogen and oxygen atoms in total. The van der Waals surface area contributed by atoms with Crippen LogP contribution in [0.25, 0.3) is 0 Å². The second-order valence-corrected chi connectivity index (χ2v) is 3.60. The number of hydrogen-bond acceptors (Lipinski definition) is 3. The molecule has 0 aliphatic rings. The lowest BCUT2D eigenvalue weighted by atomic mass is 10.2. The zero-order chi connectivity index (χ0) is 11.3. The predicted octanol–water partition coefficient (Wildman–Crippen LogP) is 2.29. The maximum atomic E-state index is 8.69. The summed E-state index contributed by atoms with van der Waals surface area (Å²) in [5.74, 6) is 0. The largest absolute Gasteiger partial charge is 0.383 e. The van der Waals surface area contributed by atoms with Gasteiger partial charge in [-0.15, -0.1) is 0 Å². The molecule has 0 unspecified atom stereocenters. The minimum absolute atomic E-state index is 0.573. The van der Waals surface area contributed by atoms with Crippen molar-refractivity contribution in [1.82, 2.24) is 0 Å².